The van der Waals surface area contributed by atoms with Gasteiger partial charge in [-0.25, -0.2) is 8.42 Å². The van der Waals surface area contributed by atoms with Gasteiger partial charge in [0.1, 0.15) is 0 Å². The molecule has 148 valence electrons. The molecule has 0 radical (unpaired) electrons. The molecule has 0 heterocycles. The van der Waals surface area contributed by atoms with Gasteiger partial charge in [-0.15, -0.1) is 0 Å². The first kappa shape index (κ1) is 19.9. The maximum Gasteiger partial charge on any atom is 0.269 e. The summed E-state index contributed by atoms with van der Waals surface area (Å²) in [7, 11) is -3.80. The predicted octanol–water partition coefficient (Wildman–Crippen LogP) is 3.80. The maximum atomic E-state index is 12.8. The smallest absolute Gasteiger partial charge is 0.269 e. The highest BCUT2D eigenvalue weighted by Gasteiger charge is 2.17. The van der Waals surface area contributed by atoms with Crippen molar-refractivity contribution in [3.8, 4) is 0 Å². The summed E-state index contributed by atoms with van der Waals surface area (Å²) in [4.78, 5) is 12.4. The number of hydrogen-bond donors (Lipinski definition) is 3. The molecule has 1 aliphatic rings. The van der Waals surface area contributed by atoms with Crippen molar-refractivity contribution in [2.45, 2.75) is 44.4 Å². The summed E-state index contributed by atoms with van der Waals surface area (Å²) in [5, 5.41) is 0. The SMILES string of the molecule is Cc1ccc(NS(=O)(=O)c2cccc(C(=O)NNC3=CCCCC3)c2)c(C)c1. The zero-order valence-corrected chi connectivity index (χ0v) is 16.9. The molecule has 3 N–H and O–H groups in total. The molecule has 0 spiro atoms. The number of amides is 1. The largest absolute Gasteiger partial charge is 0.303 e. The molecule has 0 unspecified atom stereocenters. The lowest BCUT2D eigenvalue weighted by Crippen LogP contribution is -2.37. The first-order valence-corrected chi connectivity index (χ1v) is 10.8. The van der Waals surface area contributed by atoms with E-state index in [1.165, 1.54) is 12.1 Å². The van der Waals surface area contributed by atoms with Crippen LogP contribution in [0.1, 0.15) is 47.2 Å². The molecule has 6 nitrogen and oxygen atoms in total. The van der Waals surface area contributed by atoms with E-state index in [9.17, 15) is 13.2 Å². The van der Waals surface area contributed by atoms with Crippen LogP contribution in [0.15, 0.2) is 59.1 Å². The number of sulfonamides is 1. The molecule has 3 rings (SSSR count). The van der Waals surface area contributed by atoms with Gasteiger partial charge in [0, 0.05) is 11.3 Å². The van der Waals surface area contributed by atoms with E-state index in [0.29, 0.717) is 5.69 Å². The topological polar surface area (TPSA) is 87.3 Å². The Morgan fingerprint density at radius 1 is 1.04 bits per heavy atom. The standard InChI is InChI=1S/C21H25N3O3S/c1-15-11-12-20(16(2)13-15)24-28(26,27)19-10-6-7-17(14-19)21(25)23-22-18-8-4-3-5-9-18/h6-8,10-14,22,24H,3-5,9H2,1-2H3,(H,23,25). The minimum Gasteiger partial charge on any atom is -0.303 e. The fourth-order valence-corrected chi connectivity index (χ4v) is 4.27. The number of anilines is 1. The summed E-state index contributed by atoms with van der Waals surface area (Å²) in [6.07, 6.45) is 6.21. The first-order valence-electron chi connectivity index (χ1n) is 9.31. The second-order valence-corrected chi connectivity index (χ2v) is 8.69. The van der Waals surface area contributed by atoms with Gasteiger partial charge in [-0.05, 0) is 69.4 Å². The van der Waals surface area contributed by atoms with E-state index in [1.807, 2.05) is 26.0 Å². The van der Waals surface area contributed by atoms with Crippen molar-refractivity contribution in [3.05, 3.63) is 70.9 Å². The van der Waals surface area contributed by atoms with E-state index >= 15 is 0 Å². The Labute approximate surface area is 166 Å². The lowest BCUT2D eigenvalue weighted by molar-refractivity contribution is 0.0937. The number of hydrazine groups is 1. The van der Waals surface area contributed by atoms with Crippen molar-refractivity contribution in [1.29, 1.82) is 0 Å². The molecule has 0 aliphatic heterocycles. The van der Waals surface area contributed by atoms with E-state index in [4.69, 9.17) is 0 Å². The van der Waals surface area contributed by atoms with Crippen molar-refractivity contribution in [3.63, 3.8) is 0 Å². The van der Waals surface area contributed by atoms with Crippen LogP contribution in [0.5, 0.6) is 0 Å². The first-order chi connectivity index (χ1) is 13.3. The van der Waals surface area contributed by atoms with Gasteiger partial charge in [-0.3, -0.25) is 14.9 Å². The lowest BCUT2D eigenvalue weighted by atomic mass is 10.1. The third kappa shape index (κ3) is 4.92. The van der Waals surface area contributed by atoms with Gasteiger partial charge >= 0.3 is 0 Å². The van der Waals surface area contributed by atoms with Crippen LogP contribution in [0, 0.1) is 13.8 Å². The van der Waals surface area contributed by atoms with Gasteiger partial charge in [0.15, 0.2) is 0 Å². The molecule has 7 heteroatoms. The third-order valence-corrected chi connectivity index (χ3v) is 6.02. The molecule has 0 atom stereocenters. The normalized spacial score (nSPS) is 14.1. The molecule has 0 saturated heterocycles. The highest BCUT2D eigenvalue weighted by molar-refractivity contribution is 7.92. The molecular weight excluding hydrogens is 374 g/mol. The number of nitrogens with one attached hydrogen (secondary N) is 3. The van der Waals surface area contributed by atoms with Gasteiger partial charge in [0.25, 0.3) is 15.9 Å². The Bertz CT molecular complexity index is 1010. The molecule has 0 bridgehead atoms. The van der Waals surface area contributed by atoms with Crippen LogP contribution >= 0.6 is 0 Å². The van der Waals surface area contributed by atoms with Crippen LogP contribution in [-0.2, 0) is 10.0 Å². The molecular formula is C21H25N3O3S. The fraction of sp³-hybridized carbons (Fsp3) is 0.286. The molecule has 2 aromatic carbocycles. The van der Waals surface area contributed by atoms with Crippen LogP contribution in [0.4, 0.5) is 5.69 Å². The van der Waals surface area contributed by atoms with Gasteiger partial charge < -0.3 is 5.43 Å². The number of hydrogen-bond acceptors (Lipinski definition) is 4. The molecule has 0 aromatic heterocycles. The average Bonchev–Trinajstić information content (AvgIpc) is 2.69. The van der Waals surface area contributed by atoms with E-state index < -0.39 is 10.0 Å². The molecule has 2 aromatic rings. The highest BCUT2D eigenvalue weighted by atomic mass is 32.2. The maximum absolute atomic E-state index is 12.8. The van der Waals surface area contributed by atoms with E-state index in [1.54, 1.807) is 18.2 Å². The minimum absolute atomic E-state index is 0.0389. The summed E-state index contributed by atoms with van der Waals surface area (Å²) in [6.45, 7) is 3.80. The summed E-state index contributed by atoms with van der Waals surface area (Å²) in [5.74, 6) is -0.380. The van der Waals surface area contributed by atoms with Crippen molar-refractivity contribution in [1.82, 2.24) is 10.9 Å². The number of aryl methyl sites for hydroxylation is 2. The van der Waals surface area contributed by atoms with Crippen LogP contribution in [0.25, 0.3) is 0 Å². The predicted molar refractivity (Wildman–Crippen MR) is 110 cm³/mol. The van der Waals surface area contributed by atoms with Gasteiger partial charge in [-0.2, -0.15) is 0 Å². The van der Waals surface area contributed by atoms with Gasteiger partial charge in [0.05, 0.1) is 10.6 Å². The van der Waals surface area contributed by atoms with Crippen molar-refractivity contribution >= 4 is 21.6 Å². The number of allylic oxidation sites excluding steroid dienone is 2. The zero-order chi connectivity index (χ0) is 20.1. The second kappa shape index (κ2) is 8.48. The van der Waals surface area contributed by atoms with Gasteiger partial charge in [-0.1, -0.05) is 29.8 Å². The van der Waals surface area contributed by atoms with Crippen molar-refractivity contribution < 1.29 is 13.2 Å². The Morgan fingerprint density at radius 3 is 2.57 bits per heavy atom. The Kier molecular flexibility index (Phi) is 6.04. The molecule has 1 aliphatic carbocycles. The summed E-state index contributed by atoms with van der Waals surface area (Å²) in [6, 6.07) is 11.5. The van der Waals surface area contributed by atoms with Crippen LogP contribution in [0.2, 0.25) is 0 Å². The van der Waals surface area contributed by atoms with E-state index in [-0.39, 0.29) is 16.4 Å². The summed E-state index contributed by atoms with van der Waals surface area (Å²) in [5.41, 5.74) is 9.23. The van der Waals surface area contributed by atoms with Crippen LogP contribution in [0.3, 0.4) is 0 Å². The monoisotopic (exact) mass is 399 g/mol. The number of carbonyl (C=O) groups is 1. The minimum atomic E-state index is -3.80. The fourth-order valence-electron chi connectivity index (χ4n) is 3.10. The molecule has 0 saturated carbocycles. The Morgan fingerprint density at radius 2 is 1.86 bits per heavy atom. The zero-order valence-electron chi connectivity index (χ0n) is 16.1. The lowest BCUT2D eigenvalue weighted by Gasteiger charge is -2.16. The van der Waals surface area contributed by atoms with Crippen molar-refractivity contribution in [2.75, 3.05) is 4.72 Å². The second-order valence-electron chi connectivity index (χ2n) is 7.01. The molecule has 28 heavy (non-hydrogen) atoms. The summed E-state index contributed by atoms with van der Waals surface area (Å²) < 4.78 is 28.1. The summed E-state index contributed by atoms with van der Waals surface area (Å²) >= 11 is 0. The Balaban J connectivity index is 1.73. The van der Waals surface area contributed by atoms with Gasteiger partial charge in [0.2, 0.25) is 0 Å². The van der Waals surface area contributed by atoms with Crippen LogP contribution in [-0.4, -0.2) is 14.3 Å². The number of carbonyl (C=O) groups excluding carboxylic acids is 1. The number of benzene rings is 2. The Hall–Kier alpha value is -2.80. The van der Waals surface area contributed by atoms with Crippen molar-refractivity contribution in [2.24, 2.45) is 0 Å². The quantitative estimate of drug-likeness (QED) is 0.645. The van der Waals surface area contributed by atoms with E-state index in [0.717, 1.165) is 42.5 Å². The van der Waals surface area contributed by atoms with Crippen LogP contribution < -0.4 is 15.6 Å². The molecule has 0 fully saturated rings. The molecule has 1 amide bonds. The third-order valence-electron chi connectivity index (χ3n) is 4.66. The highest BCUT2D eigenvalue weighted by Crippen LogP contribution is 2.21. The van der Waals surface area contributed by atoms with E-state index in [2.05, 4.69) is 21.6 Å². The number of rotatable bonds is 6. The average molecular weight is 400 g/mol.